The van der Waals surface area contributed by atoms with Crippen LogP contribution in [0.3, 0.4) is 0 Å². The smallest absolute Gasteiger partial charge is 0.162 e. The fourth-order valence-corrected chi connectivity index (χ4v) is 5.87. The first-order valence-electron chi connectivity index (χ1n) is 12.8. The maximum atomic E-state index is 13.3. The summed E-state index contributed by atoms with van der Waals surface area (Å²) in [5, 5.41) is 0. The van der Waals surface area contributed by atoms with Crippen LogP contribution in [0, 0.1) is 0 Å². The Morgan fingerprint density at radius 2 is 1.33 bits per heavy atom. The minimum Gasteiger partial charge on any atom is -0.371 e. The second-order valence-electron chi connectivity index (χ2n) is 9.73. The molecular weight excluding hydrogens is 402 g/mol. The van der Waals surface area contributed by atoms with E-state index in [0.29, 0.717) is 24.0 Å². The summed E-state index contributed by atoms with van der Waals surface area (Å²) in [6.07, 6.45) is 7.44. The Kier molecular flexibility index (Phi) is 6.62. The summed E-state index contributed by atoms with van der Waals surface area (Å²) >= 11 is 0. The van der Waals surface area contributed by atoms with Gasteiger partial charge in [-0.1, -0.05) is 86.8 Å². The minimum absolute atomic E-state index is 0.312. The molecule has 2 aliphatic rings. The summed E-state index contributed by atoms with van der Waals surface area (Å²) in [6.45, 7) is 4.39. The molecule has 2 heteroatoms. The molecule has 2 unspecified atom stereocenters. The number of benzene rings is 3. The summed E-state index contributed by atoms with van der Waals surface area (Å²) in [4.78, 5) is 15.9. The van der Waals surface area contributed by atoms with Gasteiger partial charge in [-0.2, -0.15) is 0 Å². The topological polar surface area (TPSA) is 20.3 Å². The van der Waals surface area contributed by atoms with Crippen molar-refractivity contribution < 1.29 is 4.79 Å². The van der Waals surface area contributed by atoms with E-state index in [1.54, 1.807) is 0 Å². The monoisotopic (exact) mass is 437 g/mol. The summed E-state index contributed by atoms with van der Waals surface area (Å²) in [7, 11) is 0. The lowest BCUT2D eigenvalue weighted by molar-refractivity contribution is 0.0979. The first kappa shape index (κ1) is 21.9. The van der Waals surface area contributed by atoms with Gasteiger partial charge in [0.05, 0.1) is 0 Å². The maximum absolute atomic E-state index is 13.3. The van der Waals surface area contributed by atoms with Crippen molar-refractivity contribution in [2.45, 2.75) is 63.7 Å². The molecule has 33 heavy (non-hydrogen) atoms. The van der Waals surface area contributed by atoms with Gasteiger partial charge in [-0.05, 0) is 53.6 Å². The number of hydrogen-bond donors (Lipinski definition) is 0. The molecule has 2 nitrogen and oxygen atoms in total. The summed E-state index contributed by atoms with van der Waals surface area (Å²) < 4.78 is 0. The van der Waals surface area contributed by atoms with Crippen molar-refractivity contribution in [1.82, 2.24) is 0 Å². The van der Waals surface area contributed by atoms with Crippen LogP contribution in [0.15, 0.2) is 72.8 Å². The number of carbonyl (C=O) groups excluding carboxylic acids is 1. The number of Topliss-reactive ketones (excluding diaryl/α,β-unsaturated/α-hetero) is 1. The molecule has 0 saturated heterocycles. The molecule has 0 N–H and O–H groups in total. The zero-order valence-corrected chi connectivity index (χ0v) is 19.8. The molecule has 3 aromatic carbocycles. The average Bonchev–Trinajstić information content (AvgIpc) is 2.88. The molecule has 0 aliphatic carbocycles. The van der Waals surface area contributed by atoms with E-state index < -0.39 is 0 Å². The summed E-state index contributed by atoms with van der Waals surface area (Å²) in [5.74, 6) is 1.03. The summed E-state index contributed by atoms with van der Waals surface area (Å²) in [5.41, 5.74) is 7.79. The van der Waals surface area contributed by atoms with Crippen LogP contribution in [0.4, 0.5) is 5.69 Å². The highest BCUT2D eigenvalue weighted by Gasteiger charge is 2.35. The first-order chi connectivity index (χ1) is 16.3. The molecule has 2 atom stereocenters. The molecule has 170 valence electrons. The van der Waals surface area contributed by atoms with Gasteiger partial charge in [-0.25, -0.2) is 0 Å². The molecule has 0 fully saturated rings. The largest absolute Gasteiger partial charge is 0.371 e. The molecule has 0 aromatic heterocycles. The molecule has 0 radical (unpaired) electrons. The standard InChI is InChI=1S/C31H35NO/c1-2-3-4-11-16-30(33)25-21-28-26(23-12-7-5-8-13-23)17-19-32-20-18-27(29(22-25)31(28)32)24-14-9-6-10-15-24/h5-10,12-15,21-22,26-27H,2-4,11,16-20H2,1H3. The van der Waals surface area contributed by atoms with Crippen LogP contribution >= 0.6 is 0 Å². The van der Waals surface area contributed by atoms with Crippen molar-refractivity contribution >= 4 is 11.5 Å². The van der Waals surface area contributed by atoms with E-state index in [1.807, 2.05) is 0 Å². The second kappa shape index (κ2) is 9.95. The van der Waals surface area contributed by atoms with E-state index in [9.17, 15) is 4.79 Å². The Hall–Kier alpha value is -2.87. The van der Waals surface area contributed by atoms with E-state index in [0.717, 1.165) is 44.3 Å². The number of nitrogens with zero attached hydrogens (tertiary/aromatic N) is 1. The number of anilines is 1. The molecule has 0 saturated carbocycles. The molecule has 0 bridgehead atoms. The Morgan fingerprint density at radius 1 is 0.788 bits per heavy atom. The van der Waals surface area contributed by atoms with Crippen LogP contribution in [0.1, 0.15) is 96.3 Å². The highest BCUT2D eigenvalue weighted by Crippen LogP contribution is 2.48. The third-order valence-corrected chi connectivity index (χ3v) is 7.59. The van der Waals surface area contributed by atoms with Crippen molar-refractivity contribution in [3.8, 4) is 0 Å². The van der Waals surface area contributed by atoms with Crippen molar-refractivity contribution in [2.75, 3.05) is 18.0 Å². The van der Waals surface area contributed by atoms with E-state index in [1.165, 1.54) is 40.8 Å². The van der Waals surface area contributed by atoms with E-state index in [4.69, 9.17) is 0 Å². The first-order valence-corrected chi connectivity index (χ1v) is 12.8. The van der Waals surface area contributed by atoms with E-state index in [-0.39, 0.29) is 0 Å². The Balaban J connectivity index is 1.59. The second-order valence-corrected chi connectivity index (χ2v) is 9.73. The fraction of sp³-hybridized carbons (Fsp3) is 0.387. The number of hydrogen-bond acceptors (Lipinski definition) is 2. The normalized spacial score (nSPS) is 19.2. The molecule has 0 spiro atoms. The van der Waals surface area contributed by atoms with Gasteiger partial charge in [-0.15, -0.1) is 0 Å². The average molecular weight is 438 g/mol. The number of ketones is 1. The molecular formula is C31H35NO. The lowest BCUT2D eigenvalue weighted by Gasteiger charge is -2.43. The molecule has 0 amide bonds. The van der Waals surface area contributed by atoms with Crippen molar-refractivity contribution in [2.24, 2.45) is 0 Å². The van der Waals surface area contributed by atoms with Gasteiger partial charge in [0, 0.05) is 42.6 Å². The van der Waals surface area contributed by atoms with E-state index >= 15 is 0 Å². The van der Waals surface area contributed by atoms with Gasteiger partial charge in [0.25, 0.3) is 0 Å². The Labute approximate surface area is 198 Å². The van der Waals surface area contributed by atoms with Gasteiger partial charge in [0.1, 0.15) is 0 Å². The highest BCUT2D eigenvalue weighted by atomic mass is 16.1. The lowest BCUT2D eigenvalue weighted by atomic mass is 9.75. The zero-order valence-electron chi connectivity index (χ0n) is 19.8. The molecule has 2 heterocycles. The van der Waals surface area contributed by atoms with Gasteiger partial charge < -0.3 is 4.90 Å². The maximum Gasteiger partial charge on any atom is 0.162 e. The Bertz CT molecular complexity index is 1020. The highest BCUT2D eigenvalue weighted by molar-refractivity contribution is 5.97. The SMILES string of the molecule is CCCCCCC(=O)c1cc2c3c(c1)C(c1ccccc1)CCN3CCC2c1ccccc1. The predicted octanol–water partition coefficient (Wildman–Crippen LogP) is 7.72. The molecule has 3 aromatic rings. The predicted molar refractivity (Wildman–Crippen MR) is 138 cm³/mol. The fourth-order valence-electron chi connectivity index (χ4n) is 5.87. The summed E-state index contributed by atoms with van der Waals surface area (Å²) in [6, 6.07) is 26.3. The van der Waals surface area contributed by atoms with Crippen molar-refractivity contribution in [1.29, 1.82) is 0 Å². The minimum atomic E-state index is 0.312. The molecule has 5 rings (SSSR count). The van der Waals surface area contributed by atoms with Crippen LogP contribution < -0.4 is 4.90 Å². The number of carbonyl (C=O) groups is 1. The molecule has 2 aliphatic heterocycles. The van der Waals surface area contributed by atoms with Gasteiger partial charge in [0.15, 0.2) is 5.78 Å². The van der Waals surface area contributed by atoms with Gasteiger partial charge in [0.2, 0.25) is 0 Å². The van der Waals surface area contributed by atoms with Crippen LogP contribution in [0.2, 0.25) is 0 Å². The van der Waals surface area contributed by atoms with E-state index in [2.05, 4.69) is 84.6 Å². The van der Waals surface area contributed by atoms with Crippen molar-refractivity contribution in [3.63, 3.8) is 0 Å². The van der Waals surface area contributed by atoms with Gasteiger partial charge in [-0.3, -0.25) is 4.79 Å². The number of rotatable bonds is 8. The van der Waals surface area contributed by atoms with Crippen LogP contribution in [0.25, 0.3) is 0 Å². The third kappa shape index (κ3) is 4.49. The quantitative estimate of drug-likeness (QED) is 0.266. The van der Waals surface area contributed by atoms with Crippen molar-refractivity contribution in [3.05, 3.63) is 101 Å². The van der Waals surface area contributed by atoms with Gasteiger partial charge >= 0.3 is 0 Å². The lowest BCUT2D eigenvalue weighted by Crippen LogP contribution is -2.37. The third-order valence-electron chi connectivity index (χ3n) is 7.59. The Morgan fingerprint density at radius 3 is 1.85 bits per heavy atom. The zero-order chi connectivity index (χ0) is 22.6. The number of unbranched alkanes of at least 4 members (excludes halogenated alkanes) is 3. The van der Waals surface area contributed by atoms with Crippen LogP contribution in [0.5, 0.6) is 0 Å². The van der Waals surface area contributed by atoms with Crippen LogP contribution in [-0.2, 0) is 0 Å². The van der Waals surface area contributed by atoms with Crippen LogP contribution in [-0.4, -0.2) is 18.9 Å².